The molecule has 2 aliphatic carbocycles. The van der Waals surface area contributed by atoms with Gasteiger partial charge in [-0.2, -0.15) is 0 Å². The van der Waals surface area contributed by atoms with Crippen LogP contribution in [-0.4, -0.2) is 75.6 Å². The number of ketones is 1. The molecule has 240 valence electrons. The van der Waals surface area contributed by atoms with Gasteiger partial charge in [-0.05, 0) is 63.5 Å². The molecule has 2 fully saturated rings. The van der Waals surface area contributed by atoms with Crippen molar-refractivity contribution in [3.63, 3.8) is 0 Å². The van der Waals surface area contributed by atoms with E-state index >= 15 is 0 Å². The lowest BCUT2D eigenvalue weighted by Gasteiger charge is -2.35. The first kappa shape index (κ1) is 33.8. The molecule has 0 radical (unpaired) electrons. The molecule has 1 unspecified atom stereocenters. The average molecular weight is 650 g/mol. The highest BCUT2D eigenvalue weighted by molar-refractivity contribution is 6.51. The highest BCUT2D eigenvalue weighted by Crippen LogP contribution is 2.65. The van der Waals surface area contributed by atoms with Gasteiger partial charge in [0.15, 0.2) is 0 Å². The number of fused-ring (bicyclic) bond motifs is 2. The summed E-state index contributed by atoms with van der Waals surface area (Å²) in [5.41, 5.74) is 1.39. The number of nitrogens with zero attached hydrogens (tertiary/aromatic N) is 1. The summed E-state index contributed by atoms with van der Waals surface area (Å²) in [5.74, 6) is -3.87. The van der Waals surface area contributed by atoms with Gasteiger partial charge in [0.05, 0.1) is 6.04 Å². The molecule has 0 bridgehead atoms. The number of rotatable bonds is 12. The number of hydrogen-bond donors (Lipinski definition) is 3. The van der Waals surface area contributed by atoms with E-state index in [2.05, 4.69) is 22.5 Å². The third-order valence-electron chi connectivity index (χ3n) is 8.44. The normalized spacial score (nSPS) is 23.0. The number of piperidine rings is 1. The van der Waals surface area contributed by atoms with Crippen LogP contribution < -0.4 is 16.0 Å². The van der Waals surface area contributed by atoms with Crippen LogP contribution in [0.15, 0.2) is 36.9 Å². The summed E-state index contributed by atoms with van der Waals surface area (Å²) in [6, 6.07) is 4.69. The third-order valence-corrected chi connectivity index (χ3v) is 9.51. The molecule has 1 aliphatic heterocycles. The molecule has 3 aliphatic rings. The number of alkyl carbamates (subject to hydrolysis) is 1. The fourth-order valence-electron chi connectivity index (χ4n) is 6.30. The molecule has 12 heteroatoms. The van der Waals surface area contributed by atoms with E-state index in [0.717, 1.165) is 11.1 Å². The second-order valence-corrected chi connectivity index (χ2v) is 14.3. The molecule has 4 rings (SSSR count). The highest BCUT2D eigenvalue weighted by atomic mass is 35.5. The second-order valence-electron chi connectivity index (χ2n) is 12.9. The van der Waals surface area contributed by atoms with Crippen LogP contribution in [0.2, 0.25) is 0 Å². The second kappa shape index (κ2) is 13.5. The Labute approximate surface area is 268 Å². The molecule has 1 aromatic carbocycles. The maximum Gasteiger partial charge on any atom is 0.408 e. The number of carbonyl (C=O) groups is 5. The lowest BCUT2D eigenvalue weighted by atomic mass is 9.94. The fourth-order valence-corrected chi connectivity index (χ4v) is 7.13. The van der Waals surface area contributed by atoms with Gasteiger partial charge in [0.25, 0.3) is 5.91 Å². The van der Waals surface area contributed by atoms with Gasteiger partial charge in [-0.15, -0.1) is 29.8 Å². The molecular formula is C32H42Cl2N4O6. The molecule has 1 heterocycles. The van der Waals surface area contributed by atoms with E-state index in [-0.39, 0.29) is 31.3 Å². The molecule has 0 aromatic heterocycles. The maximum atomic E-state index is 14.3. The monoisotopic (exact) mass is 648 g/mol. The van der Waals surface area contributed by atoms with Crippen molar-refractivity contribution in [3.8, 4) is 0 Å². The van der Waals surface area contributed by atoms with E-state index in [0.29, 0.717) is 25.7 Å². The van der Waals surface area contributed by atoms with Gasteiger partial charge < -0.3 is 25.6 Å². The van der Waals surface area contributed by atoms with Gasteiger partial charge in [-0.1, -0.05) is 43.7 Å². The molecule has 3 N–H and O–H groups in total. The van der Waals surface area contributed by atoms with Gasteiger partial charge in [-0.3, -0.25) is 19.2 Å². The molecule has 10 nitrogen and oxygen atoms in total. The number of likely N-dealkylation sites (tertiary alicyclic amines) is 1. The summed E-state index contributed by atoms with van der Waals surface area (Å²) in [4.78, 5) is 68.1. The van der Waals surface area contributed by atoms with Crippen molar-refractivity contribution in [1.29, 1.82) is 0 Å². The van der Waals surface area contributed by atoms with Gasteiger partial charge >= 0.3 is 6.09 Å². The van der Waals surface area contributed by atoms with Gasteiger partial charge in [-0.25, -0.2) is 4.79 Å². The molecule has 44 heavy (non-hydrogen) atoms. The predicted octanol–water partition coefficient (Wildman–Crippen LogP) is 3.47. The van der Waals surface area contributed by atoms with Crippen molar-refractivity contribution in [1.82, 2.24) is 20.9 Å². The molecule has 4 amide bonds. The summed E-state index contributed by atoms with van der Waals surface area (Å²) >= 11 is 13.1. The Morgan fingerprint density at radius 1 is 1.11 bits per heavy atom. The summed E-state index contributed by atoms with van der Waals surface area (Å²) in [7, 11) is 0. The minimum absolute atomic E-state index is 0.106. The predicted molar refractivity (Wildman–Crippen MR) is 167 cm³/mol. The van der Waals surface area contributed by atoms with Crippen LogP contribution in [-0.2, 0) is 36.8 Å². The topological polar surface area (TPSA) is 134 Å². The quantitative estimate of drug-likeness (QED) is 0.138. The zero-order valence-corrected chi connectivity index (χ0v) is 27.2. The largest absolute Gasteiger partial charge is 0.444 e. The summed E-state index contributed by atoms with van der Waals surface area (Å²) in [6.07, 6.45) is 3.24. The first-order chi connectivity index (χ1) is 20.7. The zero-order valence-electron chi connectivity index (χ0n) is 25.7. The summed E-state index contributed by atoms with van der Waals surface area (Å²) in [5, 5.41) is 8.04. The van der Waals surface area contributed by atoms with Crippen molar-refractivity contribution in [3.05, 3.63) is 48.0 Å². The Bertz CT molecular complexity index is 1290. The summed E-state index contributed by atoms with van der Waals surface area (Å²) in [6.45, 7) is 11.0. The van der Waals surface area contributed by atoms with E-state index in [1.165, 1.54) is 4.90 Å². The fraction of sp³-hybridized carbons (Fsp3) is 0.594. The van der Waals surface area contributed by atoms with Crippen molar-refractivity contribution in [2.45, 2.75) is 87.9 Å². The van der Waals surface area contributed by atoms with Crippen molar-refractivity contribution >= 4 is 52.8 Å². The van der Waals surface area contributed by atoms with Crippen LogP contribution in [0.4, 0.5) is 4.79 Å². The maximum absolute atomic E-state index is 14.3. The zero-order chi connectivity index (χ0) is 32.4. The van der Waals surface area contributed by atoms with Crippen LogP contribution in [0.3, 0.4) is 0 Å². The summed E-state index contributed by atoms with van der Waals surface area (Å²) < 4.78 is 4.28. The number of benzene rings is 1. The number of carbonyl (C=O) groups excluding carboxylic acids is 5. The van der Waals surface area contributed by atoms with E-state index in [4.69, 9.17) is 27.9 Å². The average Bonchev–Trinajstić information content (AvgIpc) is 3.32. The molecular weight excluding hydrogens is 607 g/mol. The van der Waals surface area contributed by atoms with Gasteiger partial charge in [0.2, 0.25) is 17.6 Å². The molecule has 1 saturated heterocycles. The van der Waals surface area contributed by atoms with Gasteiger partial charge in [0, 0.05) is 24.9 Å². The molecule has 5 atom stereocenters. The van der Waals surface area contributed by atoms with Crippen LogP contribution in [0.1, 0.15) is 58.1 Å². The van der Waals surface area contributed by atoms with Crippen LogP contribution >= 0.6 is 23.2 Å². The van der Waals surface area contributed by atoms with E-state index < -0.39 is 63.6 Å². The van der Waals surface area contributed by atoms with Crippen molar-refractivity contribution in [2.75, 3.05) is 13.1 Å². The smallest absolute Gasteiger partial charge is 0.408 e. The molecule has 1 saturated carbocycles. The van der Waals surface area contributed by atoms with E-state index in [1.54, 1.807) is 26.8 Å². The number of ether oxygens (including phenoxy) is 1. The third kappa shape index (κ3) is 7.40. The molecule has 1 aromatic rings. The Kier molecular flexibility index (Phi) is 10.4. The van der Waals surface area contributed by atoms with E-state index in [1.807, 2.05) is 31.2 Å². The minimum Gasteiger partial charge on any atom is -0.444 e. The number of hydrogen-bond acceptors (Lipinski definition) is 6. The number of amides is 4. The Morgan fingerprint density at radius 2 is 1.75 bits per heavy atom. The Hall–Kier alpha value is -3.11. The first-order valence-electron chi connectivity index (χ1n) is 15.2. The lowest BCUT2D eigenvalue weighted by Crippen LogP contribution is -2.60. The number of alkyl halides is 2. The number of Topliss-reactive ketones (excluding diaryl/α,β-unsaturated/α-hetero) is 1. The van der Waals surface area contributed by atoms with E-state index in [9.17, 15) is 24.0 Å². The van der Waals surface area contributed by atoms with Crippen LogP contribution in [0.5, 0.6) is 0 Å². The highest BCUT2D eigenvalue weighted by Gasteiger charge is 2.74. The number of halogens is 2. The lowest BCUT2D eigenvalue weighted by molar-refractivity contribution is -0.144. The van der Waals surface area contributed by atoms with Crippen molar-refractivity contribution in [2.24, 2.45) is 17.8 Å². The van der Waals surface area contributed by atoms with Gasteiger partial charge in [0.1, 0.15) is 22.0 Å². The Morgan fingerprint density at radius 3 is 2.32 bits per heavy atom. The van der Waals surface area contributed by atoms with Crippen LogP contribution in [0, 0.1) is 17.8 Å². The Balaban J connectivity index is 1.57. The van der Waals surface area contributed by atoms with Crippen LogP contribution in [0.25, 0.3) is 0 Å². The minimum atomic E-state index is -1.22. The SMILES string of the molecule is C=CCCNC(=O)C(=O)C(CCC)NC(=O)[C@@H]1[C@@H]2[C@H](CN1C(=O)[C@@H](NC(=O)OC(C)(C)C)C1Cc3ccccc3C1)C2(Cl)Cl. The first-order valence-corrected chi connectivity index (χ1v) is 15.9. The molecule has 0 spiro atoms. The van der Waals surface area contributed by atoms with Crippen molar-refractivity contribution < 1.29 is 28.7 Å². The standard InChI is InChI=1S/C32H42Cl2N4O6/c1-6-8-14-35-28(41)26(39)22(11-7-2)36-27(40)25-23-21(32(23,33)34)17-38(25)29(42)24(37-30(43)44-31(3,4)5)20-15-18-12-9-10-13-19(18)16-20/h6,9-10,12-13,20-25H,1,7-8,11,14-17H2,2-5H3,(H,35,41)(H,36,40)(H,37,43)/t21-,22?,23-,24-,25-/m0/s1. The number of nitrogens with one attached hydrogen (secondary N) is 3.